The molecule has 0 atom stereocenters. The van der Waals surface area contributed by atoms with E-state index in [1.165, 1.54) is 0 Å². The molecule has 2 aromatic rings. The Morgan fingerprint density at radius 3 is 2.19 bits per heavy atom. The minimum Gasteiger partial charge on any atom is -0.399 e. The number of hydrogen-bond donors (Lipinski definition) is 1. The van der Waals surface area contributed by atoms with Crippen LogP contribution in [0.25, 0.3) is 0 Å². The third kappa shape index (κ3) is 2.30. The van der Waals surface area contributed by atoms with Gasteiger partial charge in [-0.1, -0.05) is 11.8 Å². The molecule has 82 valence electrons. The molecule has 0 saturated heterocycles. The van der Waals surface area contributed by atoms with E-state index < -0.39 is 11.6 Å². The molecule has 0 radical (unpaired) electrons. The first-order valence-electron chi connectivity index (χ1n) is 4.49. The van der Waals surface area contributed by atoms with Crippen LogP contribution in [-0.4, -0.2) is 4.98 Å². The number of benzene rings is 1. The topological polar surface area (TPSA) is 38.9 Å². The van der Waals surface area contributed by atoms with E-state index in [4.69, 9.17) is 5.73 Å². The van der Waals surface area contributed by atoms with E-state index >= 15 is 0 Å². The van der Waals surface area contributed by atoms with Crippen LogP contribution in [0.3, 0.4) is 0 Å². The van der Waals surface area contributed by atoms with Gasteiger partial charge in [-0.2, -0.15) is 0 Å². The fourth-order valence-corrected chi connectivity index (χ4v) is 2.01. The summed E-state index contributed by atoms with van der Waals surface area (Å²) in [7, 11) is 0. The van der Waals surface area contributed by atoms with Gasteiger partial charge in [-0.15, -0.1) is 0 Å². The van der Waals surface area contributed by atoms with Gasteiger partial charge in [0.2, 0.25) is 0 Å². The zero-order valence-corrected chi connectivity index (χ0v) is 8.97. The van der Waals surface area contributed by atoms with Crippen LogP contribution in [0.5, 0.6) is 0 Å². The number of hydrogen-bond acceptors (Lipinski definition) is 3. The average molecular weight is 238 g/mol. The van der Waals surface area contributed by atoms with Crippen molar-refractivity contribution in [3.63, 3.8) is 0 Å². The van der Waals surface area contributed by atoms with Crippen molar-refractivity contribution in [3.05, 3.63) is 48.3 Å². The number of rotatable bonds is 2. The smallest absolute Gasteiger partial charge is 0.142 e. The largest absolute Gasteiger partial charge is 0.399 e. The van der Waals surface area contributed by atoms with Crippen LogP contribution in [0.4, 0.5) is 14.5 Å². The molecule has 0 aliphatic heterocycles. The molecule has 0 aliphatic carbocycles. The number of nitrogens with zero attached hydrogens (tertiary/aromatic N) is 1. The summed E-state index contributed by atoms with van der Waals surface area (Å²) in [5.74, 6) is -1.31. The first-order valence-corrected chi connectivity index (χ1v) is 5.31. The highest BCUT2D eigenvalue weighted by molar-refractivity contribution is 7.99. The van der Waals surface area contributed by atoms with Crippen molar-refractivity contribution in [2.75, 3.05) is 5.73 Å². The maximum Gasteiger partial charge on any atom is 0.142 e. The van der Waals surface area contributed by atoms with Gasteiger partial charge in [0.05, 0.1) is 4.90 Å². The van der Waals surface area contributed by atoms with Gasteiger partial charge in [0.1, 0.15) is 11.6 Å². The lowest BCUT2D eigenvalue weighted by Gasteiger charge is -2.05. The SMILES string of the molecule is Nc1cc(F)c(Sc2ccncc2)c(F)c1. The van der Waals surface area contributed by atoms with Crippen LogP contribution in [0.15, 0.2) is 46.5 Å². The summed E-state index contributed by atoms with van der Waals surface area (Å²) in [6.45, 7) is 0. The molecule has 1 aromatic heterocycles. The predicted octanol–water partition coefficient (Wildman–Crippen LogP) is 3.09. The van der Waals surface area contributed by atoms with E-state index in [9.17, 15) is 8.78 Å². The van der Waals surface area contributed by atoms with Crippen LogP contribution < -0.4 is 5.73 Å². The molecule has 5 heteroatoms. The number of nitrogens with two attached hydrogens (primary N) is 1. The Morgan fingerprint density at radius 2 is 1.62 bits per heavy atom. The molecule has 2 rings (SSSR count). The van der Waals surface area contributed by atoms with E-state index in [1.807, 2.05) is 0 Å². The maximum absolute atomic E-state index is 13.4. The molecule has 0 saturated carbocycles. The highest BCUT2D eigenvalue weighted by atomic mass is 32.2. The fourth-order valence-electron chi connectivity index (χ4n) is 1.20. The lowest BCUT2D eigenvalue weighted by molar-refractivity contribution is 0.542. The zero-order chi connectivity index (χ0) is 11.5. The Balaban J connectivity index is 2.35. The summed E-state index contributed by atoms with van der Waals surface area (Å²) in [5.41, 5.74) is 5.40. The number of anilines is 1. The number of nitrogen functional groups attached to an aromatic ring is 1. The van der Waals surface area contributed by atoms with Gasteiger partial charge in [0.15, 0.2) is 0 Å². The predicted molar refractivity (Wildman–Crippen MR) is 59.1 cm³/mol. The van der Waals surface area contributed by atoms with Crippen molar-refractivity contribution >= 4 is 17.4 Å². The van der Waals surface area contributed by atoms with Crippen LogP contribution in [-0.2, 0) is 0 Å². The Hall–Kier alpha value is -1.62. The molecule has 0 unspecified atom stereocenters. The molecule has 1 aromatic carbocycles. The molecule has 1 heterocycles. The quantitative estimate of drug-likeness (QED) is 0.817. The van der Waals surface area contributed by atoms with Crippen molar-refractivity contribution in [2.45, 2.75) is 9.79 Å². The molecule has 0 amide bonds. The minimum atomic E-state index is -0.653. The number of aromatic nitrogens is 1. The first-order chi connectivity index (χ1) is 7.66. The third-order valence-corrected chi connectivity index (χ3v) is 2.99. The summed E-state index contributed by atoms with van der Waals surface area (Å²) in [5, 5.41) is 0. The molecule has 0 fully saturated rings. The second kappa shape index (κ2) is 4.49. The van der Waals surface area contributed by atoms with Gasteiger partial charge in [0, 0.05) is 23.0 Å². The second-order valence-corrected chi connectivity index (χ2v) is 4.18. The van der Waals surface area contributed by atoms with Crippen LogP contribution in [0.1, 0.15) is 0 Å². The third-order valence-electron chi connectivity index (χ3n) is 1.89. The standard InChI is InChI=1S/C11H8F2N2S/c12-9-5-7(14)6-10(13)11(9)16-8-1-3-15-4-2-8/h1-6H,14H2. The zero-order valence-electron chi connectivity index (χ0n) is 8.15. The van der Waals surface area contributed by atoms with Crippen molar-refractivity contribution in [3.8, 4) is 0 Å². The summed E-state index contributed by atoms with van der Waals surface area (Å²) < 4.78 is 26.9. The second-order valence-electron chi connectivity index (χ2n) is 3.10. The van der Waals surface area contributed by atoms with E-state index in [2.05, 4.69) is 4.98 Å². The van der Waals surface area contributed by atoms with E-state index in [0.29, 0.717) is 0 Å². The summed E-state index contributed by atoms with van der Waals surface area (Å²) in [6.07, 6.45) is 3.13. The molecule has 0 aliphatic rings. The first kappa shape index (κ1) is 10.9. The van der Waals surface area contributed by atoms with Gasteiger partial charge in [-0.25, -0.2) is 8.78 Å². The molecule has 0 bridgehead atoms. The van der Waals surface area contributed by atoms with Gasteiger partial charge in [0.25, 0.3) is 0 Å². The Morgan fingerprint density at radius 1 is 1.06 bits per heavy atom. The molecule has 0 spiro atoms. The normalized spacial score (nSPS) is 10.4. The number of pyridine rings is 1. The highest BCUT2D eigenvalue weighted by Gasteiger charge is 2.11. The van der Waals surface area contributed by atoms with Crippen molar-refractivity contribution in [2.24, 2.45) is 0 Å². The summed E-state index contributed by atoms with van der Waals surface area (Å²) >= 11 is 1.00. The van der Waals surface area contributed by atoms with Gasteiger partial charge in [-0.05, 0) is 24.3 Å². The van der Waals surface area contributed by atoms with E-state index in [1.54, 1.807) is 24.5 Å². The molecule has 2 N–H and O–H groups in total. The van der Waals surface area contributed by atoms with Gasteiger partial charge >= 0.3 is 0 Å². The van der Waals surface area contributed by atoms with Gasteiger partial charge < -0.3 is 5.73 Å². The van der Waals surface area contributed by atoms with E-state index in [-0.39, 0.29) is 10.6 Å². The van der Waals surface area contributed by atoms with Crippen LogP contribution in [0, 0.1) is 11.6 Å². The number of halogens is 2. The lowest BCUT2D eigenvalue weighted by Crippen LogP contribution is -1.92. The van der Waals surface area contributed by atoms with Crippen LogP contribution in [0.2, 0.25) is 0 Å². The highest BCUT2D eigenvalue weighted by Crippen LogP contribution is 2.32. The average Bonchev–Trinajstić information content (AvgIpc) is 2.25. The van der Waals surface area contributed by atoms with Crippen LogP contribution >= 0.6 is 11.8 Å². The lowest BCUT2D eigenvalue weighted by atomic mass is 10.3. The maximum atomic E-state index is 13.4. The van der Waals surface area contributed by atoms with Crippen molar-refractivity contribution < 1.29 is 8.78 Å². The molecule has 2 nitrogen and oxygen atoms in total. The Kier molecular flexibility index (Phi) is 3.05. The minimum absolute atomic E-state index is 0.0552. The molecule has 16 heavy (non-hydrogen) atoms. The van der Waals surface area contributed by atoms with E-state index in [0.717, 1.165) is 28.8 Å². The van der Waals surface area contributed by atoms with Gasteiger partial charge in [-0.3, -0.25) is 4.98 Å². The van der Waals surface area contributed by atoms with Crippen molar-refractivity contribution in [1.82, 2.24) is 4.98 Å². The molecular formula is C11H8F2N2S. The monoisotopic (exact) mass is 238 g/mol. The molecular weight excluding hydrogens is 230 g/mol. The fraction of sp³-hybridized carbons (Fsp3) is 0. The Labute approximate surface area is 95.5 Å². The Bertz CT molecular complexity index is 480. The summed E-state index contributed by atoms with van der Waals surface area (Å²) in [6, 6.07) is 5.57. The van der Waals surface area contributed by atoms with Crippen molar-refractivity contribution in [1.29, 1.82) is 0 Å². The summed E-state index contributed by atoms with van der Waals surface area (Å²) in [4.78, 5) is 4.49.